The van der Waals surface area contributed by atoms with Crippen molar-refractivity contribution in [3.8, 4) is 0 Å². The average molecular weight is 552 g/mol. The number of carbonyl (C=O) groups is 3. The number of aromatic nitrogens is 2. The highest BCUT2D eigenvalue weighted by Gasteiger charge is 2.53. The molecule has 36 heavy (non-hydrogen) atoms. The molecule has 2 unspecified atom stereocenters. The van der Waals surface area contributed by atoms with Crippen molar-refractivity contribution in [1.82, 2.24) is 15.2 Å². The van der Waals surface area contributed by atoms with Gasteiger partial charge in [-0.3, -0.25) is 19.4 Å². The molecule has 2 aromatic rings. The first kappa shape index (κ1) is 25.9. The number of carboxylic acid groups (broad SMARTS) is 1. The van der Waals surface area contributed by atoms with Gasteiger partial charge in [0.05, 0.1) is 25.8 Å². The van der Waals surface area contributed by atoms with Crippen LogP contribution in [0.25, 0.3) is 0 Å². The Labute approximate surface area is 219 Å². The summed E-state index contributed by atoms with van der Waals surface area (Å²) in [5.41, 5.74) is 7.29. The molecule has 0 bridgehead atoms. The van der Waals surface area contributed by atoms with Crippen LogP contribution in [0.5, 0.6) is 0 Å². The molecule has 1 fully saturated rings. The Morgan fingerprint density at radius 3 is 2.75 bits per heavy atom. The van der Waals surface area contributed by atoms with Crippen LogP contribution < -0.4 is 25.6 Å². The molecule has 3 N–H and O–H groups in total. The maximum atomic E-state index is 13.0. The number of thioether (sulfide) groups is 1. The van der Waals surface area contributed by atoms with Crippen molar-refractivity contribution in [2.24, 2.45) is 12.2 Å². The molecule has 4 heterocycles. The van der Waals surface area contributed by atoms with Crippen molar-refractivity contribution in [1.29, 1.82) is 0 Å². The highest BCUT2D eigenvalue weighted by atomic mass is 32.2. The van der Waals surface area contributed by atoms with Gasteiger partial charge in [0.2, 0.25) is 0 Å². The van der Waals surface area contributed by atoms with Crippen LogP contribution >= 0.6 is 34.4 Å². The van der Waals surface area contributed by atoms with E-state index in [0.717, 1.165) is 22.2 Å². The molecular formula is C21H25N7O5S3. The van der Waals surface area contributed by atoms with Gasteiger partial charge in [0.15, 0.2) is 10.8 Å². The number of aliphatic carboxylic acids is 1. The fraction of sp³-hybridized carbons (Fsp3) is 0.429. The van der Waals surface area contributed by atoms with Crippen LogP contribution in [-0.2, 0) is 26.3 Å². The fourth-order valence-electron chi connectivity index (χ4n) is 3.88. The lowest BCUT2D eigenvalue weighted by atomic mass is 10.0. The van der Waals surface area contributed by atoms with Gasteiger partial charge in [-0.1, -0.05) is 16.5 Å². The zero-order chi connectivity index (χ0) is 26.1. The number of rotatable bonds is 9. The standard InChI is InChI=1S/C21H25N7O5S3/c1-5-33-25-13(12-9-35-20(22)23-12)16(29)24-14-17(30)28-15(19(31)32)11(8-34-18(14)28)6-26(3)21-27(4)10(2)7-36-21/h7,9,14,18H,5-6,8H2,1-4H3,(H3-,22,23,24,29,31,32)/b25-13-. The van der Waals surface area contributed by atoms with Crippen molar-refractivity contribution in [2.45, 2.75) is 25.3 Å². The SMILES string of the molecule is CCO/N=C(\C(=O)NC1C(=O)N2C(C(=O)[O-])=C(CN(C)c3scc(C)[n+]3C)CSC12)c1csc(N)n1. The Morgan fingerprint density at radius 1 is 1.42 bits per heavy atom. The number of amides is 2. The van der Waals surface area contributed by atoms with Crippen LogP contribution in [0.3, 0.4) is 0 Å². The molecule has 0 radical (unpaired) electrons. The first-order chi connectivity index (χ1) is 17.1. The maximum Gasteiger partial charge on any atom is 0.335 e. The Morgan fingerprint density at radius 2 is 2.17 bits per heavy atom. The second-order valence-electron chi connectivity index (χ2n) is 8.10. The lowest BCUT2D eigenvalue weighted by Crippen LogP contribution is -2.71. The highest BCUT2D eigenvalue weighted by Crippen LogP contribution is 2.40. The number of nitrogen functional groups attached to an aromatic ring is 1. The van der Waals surface area contributed by atoms with Crippen LogP contribution in [-0.4, -0.2) is 70.7 Å². The number of β-lactam (4-membered cyclic amide) rings is 1. The predicted molar refractivity (Wildman–Crippen MR) is 135 cm³/mol. The first-order valence-electron chi connectivity index (χ1n) is 10.9. The lowest BCUT2D eigenvalue weighted by Gasteiger charge is -2.50. The number of nitrogens with two attached hydrogens (primary N) is 1. The minimum atomic E-state index is -1.43. The number of nitrogens with zero attached hydrogens (tertiary/aromatic N) is 5. The van der Waals surface area contributed by atoms with E-state index in [1.807, 2.05) is 35.9 Å². The summed E-state index contributed by atoms with van der Waals surface area (Å²) in [7, 11) is 3.81. The number of nitrogens with one attached hydrogen (secondary N) is 1. The van der Waals surface area contributed by atoms with Gasteiger partial charge >= 0.3 is 5.13 Å². The monoisotopic (exact) mass is 551 g/mol. The number of likely N-dealkylation sites (N-methyl/N-ethyl adjacent to an activating group) is 1. The Bertz CT molecular complexity index is 1270. The van der Waals surface area contributed by atoms with Gasteiger partial charge in [0, 0.05) is 22.1 Å². The largest absolute Gasteiger partial charge is 0.543 e. The van der Waals surface area contributed by atoms with E-state index < -0.39 is 29.2 Å². The van der Waals surface area contributed by atoms with Crippen LogP contribution in [0, 0.1) is 6.92 Å². The number of carboxylic acids is 1. The van der Waals surface area contributed by atoms with E-state index in [0.29, 0.717) is 17.9 Å². The molecule has 1 saturated heterocycles. The molecule has 12 nitrogen and oxygen atoms in total. The van der Waals surface area contributed by atoms with Gasteiger partial charge in [-0.05, 0) is 13.8 Å². The van der Waals surface area contributed by atoms with E-state index in [4.69, 9.17) is 10.6 Å². The van der Waals surface area contributed by atoms with E-state index in [1.54, 1.807) is 23.6 Å². The van der Waals surface area contributed by atoms with E-state index in [1.165, 1.54) is 16.7 Å². The molecule has 0 aliphatic carbocycles. The number of hydrogen-bond donors (Lipinski definition) is 2. The smallest absolute Gasteiger partial charge is 0.335 e. The van der Waals surface area contributed by atoms with Crippen LogP contribution in [0.2, 0.25) is 0 Å². The molecule has 0 aromatic carbocycles. The summed E-state index contributed by atoms with van der Waals surface area (Å²) < 4.78 is 2.01. The van der Waals surface area contributed by atoms with Crippen molar-refractivity contribution in [3.63, 3.8) is 0 Å². The minimum absolute atomic E-state index is 0.117. The Kier molecular flexibility index (Phi) is 7.51. The second-order valence-corrected chi connectivity index (χ2v) is 10.9. The molecule has 2 aliphatic rings. The van der Waals surface area contributed by atoms with Gasteiger partial charge in [0.1, 0.15) is 36.0 Å². The summed E-state index contributed by atoms with van der Waals surface area (Å²) in [4.78, 5) is 50.3. The number of aryl methyl sites for hydroxylation is 1. The third-order valence-electron chi connectivity index (χ3n) is 5.70. The average Bonchev–Trinajstić information content (AvgIpc) is 3.42. The summed E-state index contributed by atoms with van der Waals surface area (Å²) in [6.45, 7) is 4.24. The van der Waals surface area contributed by atoms with Gasteiger partial charge in [0.25, 0.3) is 11.8 Å². The third-order valence-corrected chi connectivity index (χ3v) is 8.97. The Balaban J connectivity index is 1.52. The van der Waals surface area contributed by atoms with E-state index in [-0.39, 0.29) is 28.8 Å². The van der Waals surface area contributed by atoms with Crippen molar-refractivity contribution < 1.29 is 28.9 Å². The molecule has 192 valence electrons. The zero-order valence-electron chi connectivity index (χ0n) is 20.0. The molecule has 4 rings (SSSR count). The number of anilines is 2. The summed E-state index contributed by atoms with van der Waals surface area (Å²) in [6.07, 6.45) is 0. The third kappa shape index (κ3) is 4.77. The lowest BCUT2D eigenvalue weighted by molar-refractivity contribution is -0.660. The number of thiazole rings is 2. The topological polar surface area (TPSA) is 157 Å². The van der Waals surface area contributed by atoms with Crippen LogP contribution in [0.15, 0.2) is 27.2 Å². The molecule has 2 aromatic heterocycles. The van der Waals surface area contributed by atoms with Crippen molar-refractivity contribution in [3.05, 3.63) is 33.4 Å². The summed E-state index contributed by atoms with van der Waals surface area (Å²) in [5, 5.41) is 22.8. The molecule has 15 heteroatoms. The minimum Gasteiger partial charge on any atom is -0.543 e. The number of carbonyl (C=O) groups excluding carboxylic acids is 3. The molecule has 0 spiro atoms. The number of oxime groups is 1. The van der Waals surface area contributed by atoms with E-state index >= 15 is 0 Å². The molecular weight excluding hydrogens is 526 g/mol. The van der Waals surface area contributed by atoms with Crippen LogP contribution in [0.4, 0.5) is 10.3 Å². The zero-order valence-corrected chi connectivity index (χ0v) is 22.5. The van der Waals surface area contributed by atoms with Crippen molar-refractivity contribution >= 4 is 68.2 Å². The molecule has 2 aliphatic heterocycles. The summed E-state index contributed by atoms with van der Waals surface area (Å²) in [5.74, 6) is -2.26. The first-order valence-corrected chi connectivity index (χ1v) is 13.7. The predicted octanol–water partition coefficient (Wildman–Crippen LogP) is -0.799. The highest BCUT2D eigenvalue weighted by molar-refractivity contribution is 8.00. The fourth-order valence-corrected chi connectivity index (χ4v) is 6.74. The second kappa shape index (κ2) is 10.4. The molecule has 2 atom stereocenters. The van der Waals surface area contributed by atoms with E-state index in [2.05, 4.69) is 15.5 Å². The Hall–Kier alpha value is -3.17. The van der Waals surface area contributed by atoms with Gasteiger partial charge < -0.3 is 25.8 Å². The summed E-state index contributed by atoms with van der Waals surface area (Å²) >= 11 is 4.06. The van der Waals surface area contributed by atoms with E-state index in [9.17, 15) is 19.5 Å². The molecule has 0 saturated carbocycles. The van der Waals surface area contributed by atoms with Gasteiger partial charge in [-0.25, -0.2) is 9.55 Å². The maximum absolute atomic E-state index is 13.0. The van der Waals surface area contributed by atoms with Crippen molar-refractivity contribution in [2.75, 3.05) is 36.6 Å². The van der Waals surface area contributed by atoms with Crippen LogP contribution in [0.1, 0.15) is 18.3 Å². The summed E-state index contributed by atoms with van der Waals surface area (Å²) in [6, 6.07) is -0.934. The number of fused-ring (bicyclic) bond motifs is 1. The quantitative estimate of drug-likeness (QED) is 0.176. The number of hydrogen-bond acceptors (Lipinski definition) is 12. The normalized spacial score (nSPS) is 19.6. The van der Waals surface area contributed by atoms with Gasteiger partial charge in [-0.2, -0.15) is 0 Å². The van der Waals surface area contributed by atoms with Gasteiger partial charge in [-0.15, -0.1) is 23.1 Å². The molecule has 2 amide bonds.